The molecule has 1 rings (SSSR count). The number of carbonyl (C=O) groups is 1. The van der Waals surface area contributed by atoms with Crippen LogP contribution in [0.25, 0.3) is 0 Å². The number of aliphatic hydroxyl groups is 1. The largest absolute Gasteiger partial charge is 0.384 e. The second-order valence-electron chi connectivity index (χ2n) is 4.06. The third-order valence-electron chi connectivity index (χ3n) is 2.33. The average Bonchev–Trinajstić information content (AvgIpc) is 2.16. The van der Waals surface area contributed by atoms with Crippen LogP contribution in [0.5, 0.6) is 0 Å². The van der Waals surface area contributed by atoms with Gasteiger partial charge in [0.2, 0.25) is 0 Å². The Hall–Kier alpha value is -1.55. The van der Waals surface area contributed by atoms with Gasteiger partial charge < -0.3 is 15.3 Å². The number of hydrogen-bond donors (Lipinski definition) is 2. The number of anilines is 2. The predicted molar refractivity (Wildman–Crippen MR) is 65.8 cm³/mol. The van der Waals surface area contributed by atoms with E-state index in [0.29, 0.717) is 5.69 Å². The predicted octanol–water partition coefficient (Wildman–Crippen LogP) is 1.38. The van der Waals surface area contributed by atoms with E-state index in [0.717, 1.165) is 11.3 Å². The Bertz CT molecular complexity index is 387. The van der Waals surface area contributed by atoms with Crippen LogP contribution < -0.4 is 10.2 Å². The molecule has 1 amide bonds. The summed E-state index contributed by atoms with van der Waals surface area (Å²) in [4.78, 5) is 13.3. The number of carbonyl (C=O) groups excluding carboxylic acids is 1. The fourth-order valence-corrected chi connectivity index (χ4v) is 1.48. The lowest BCUT2D eigenvalue weighted by molar-refractivity contribution is -0.123. The minimum Gasteiger partial charge on any atom is -0.384 e. The molecule has 0 spiro atoms. The third-order valence-corrected chi connectivity index (χ3v) is 2.33. The summed E-state index contributed by atoms with van der Waals surface area (Å²) in [7, 11) is 3.94. The van der Waals surface area contributed by atoms with E-state index in [1.807, 2.05) is 44.1 Å². The Kier molecular flexibility index (Phi) is 3.90. The summed E-state index contributed by atoms with van der Waals surface area (Å²) in [5, 5.41) is 11.7. The van der Waals surface area contributed by atoms with Crippen LogP contribution in [0.15, 0.2) is 18.2 Å². The second-order valence-corrected chi connectivity index (χ2v) is 4.06. The van der Waals surface area contributed by atoms with Crippen molar-refractivity contribution in [3.8, 4) is 0 Å². The molecule has 0 saturated heterocycles. The first-order valence-electron chi connectivity index (χ1n) is 5.18. The Balaban J connectivity index is 2.85. The van der Waals surface area contributed by atoms with Crippen LogP contribution in [0.1, 0.15) is 12.5 Å². The van der Waals surface area contributed by atoms with Gasteiger partial charge in [-0.15, -0.1) is 0 Å². The number of rotatable bonds is 3. The van der Waals surface area contributed by atoms with E-state index in [-0.39, 0.29) is 0 Å². The molecule has 0 radical (unpaired) electrons. The van der Waals surface area contributed by atoms with Crippen molar-refractivity contribution in [2.75, 3.05) is 24.3 Å². The molecule has 1 aromatic rings. The van der Waals surface area contributed by atoms with Crippen LogP contribution in [0.2, 0.25) is 0 Å². The molecule has 2 N–H and O–H groups in total. The number of amides is 1. The number of nitrogens with one attached hydrogen (secondary N) is 1. The van der Waals surface area contributed by atoms with Crippen LogP contribution in [0, 0.1) is 6.92 Å². The van der Waals surface area contributed by atoms with Crippen LogP contribution in [-0.4, -0.2) is 31.2 Å². The van der Waals surface area contributed by atoms with E-state index in [1.165, 1.54) is 6.92 Å². The van der Waals surface area contributed by atoms with Gasteiger partial charge >= 0.3 is 0 Å². The molecule has 4 heteroatoms. The molecule has 1 unspecified atom stereocenters. The second kappa shape index (κ2) is 4.99. The summed E-state index contributed by atoms with van der Waals surface area (Å²) in [5.74, 6) is -0.392. The Morgan fingerprint density at radius 3 is 2.50 bits per heavy atom. The first-order chi connectivity index (χ1) is 7.41. The summed E-state index contributed by atoms with van der Waals surface area (Å²) in [6, 6.07) is 5.64. The molecule has 0 saturated carbocycles. The highest BCUT2D eigenvalue weighted by Crippen LogP contribution is 2.21. The minimum absolute atomic E-state index is 0.392. The van der Waals surface area contributed by atoms with Gasteiger partial charge in [-0.25, -0.2) is 0 Å². The summed E-state index contributed by atoms with van der Waals surface area (Å²) >= 11 is 0. The highest BCUT2D eigenvalue weighted by Gasteiger charge is 2.09. The van der Waals surface area contributed by atoms with E-state index >= 15 is 0 Å². The quantitative estimate of drug-likeness (QED) is 0.812. The normalized spacial score (nSPS) is 12.1. The maximum Gasteiger partial charge on any atom is 0.252 e. The standard InChI is InChI=1S/C12H18N2O2/c1-8-7-10(13-12(16)9(2)15)5-6-11(8)14(3)4/h5-7,9,15H,1-4H3,(H,13,16). The van der Waals surface area contributed by atoms with Gasteiger partial charge in [0.25, 0.3) is 5.91 Å². The molecule has 0 heterocycles. The zero-order valence-electron chi connectivity index (χ0n) is 10.1. The summed E-state index contributed by atoms with van der Waals surface area (Å²) in [6.45, 7) is 3.42. The highest BCUT2D eigenvalue weighted by molar-refractivity contribution is 5.94. The number of aryl methyl sites for hydroxylation is 1. The lowest BCUT2D eigenvalue weighted by Gasteiger charge is -2.16. The molecule has 0 fully saturated rings. The molecule has 0 aliphatic heterocycles. The van der Waals surface area contributed by atoms with Gasteiger partial charge in [-0.2, -0.15) is 0 Å². The van der Waals surface area contributed by atoms with Crippen molar-refractivity contribution in [1.29, 1.82) is 0 Å². The highest BCUT2D eigenvalue weighted by atomic mass is 16.3. The molecule has 1 aromatic carbocycles. The van der Waals surface area contributed by atoms with Gasteiger partial charge in [-0.1, -0.05) is 0 Å². The molecule has 4 nitrogen and oxygen atoms in total. The zero-order valence-corrected chi connectivity index (χ0v) is 10.1. The van der Waals surface area contributed by atoms with Crippen molar-refractivity contribution in [2.45, 2.75) is 20.0 Å². The molecule has 0 aliphatic carbocycles. The van der Waals surface area contributed by atoms with Crippen molar-refractivity contribution < 1.29 is 9.90 Å². The van der Waals surface area contributed by atoms with Gasteiger partial charge in [0.05, 0.1) is 0 Å². The van der Waals surface area contributed by atoms with Gasteiger partial charge in [0.1, 0.15) is 6.10 Å². The molecule has 16 heavy (non-hydrogen) atoms. The Morgan fingerprint density at radius 1 is 1.44 bits per heavy atom. The van der Waals surface area contributed by atoms with E-state index < -0.39 is 12.0 Å². The topological polar surface area (TPSA) is 52.6 Å². The number of hydrogen-bond acceptors (Lipinski definition) is 3. The fraction of sp³-hybridized carbons (Fsp3) is 0.417. The Labute approximate surface area is 95.9 Å². The van der Waals surface area contributed by atoms with Crippen LogP contribution in [-0.2, 0) is 4.79 Å². The van der Waals surface area contributed by atoms with Gasteiger partial charge in [-0.05, 0) is 37.6 Å². The average molecular weight is 222 g/mol. The molecule has 0 aliphatic rings. The Morgan fingerprint density at radius 2 is 2.06 bits per heavy atom. The summed E-state index contributed by atoms with van der Waals surface area (Å²) < 4.78 is 0. The van der Waals surface area contributed by atoms with E-state index in [9.17, 15) is 4.79 Å². The SMILES string of the molecule is Cc1cc(NC(=O)C(C)O)ccc1N(C)C. The maximum absolute atomic E-state index is 11.3. The van der Waals surface area contributed by atoms with Crippen molar-refractivity contribution in [1.82, 2.24) is 0 Å². The van der Waals surface area contributed by atoms with Crippen LogP contribution >= 0.6 is 0 Å². The molecule has 1 atom stereocenters. The van der Waals surface area contributed by atoms with E-state index in [4.69, 9.17) is 5.11 Å². The summed E-state index contributed by atoms with van der Waals surface area (Å²) in [6.07, 6.45) is -0.992. The number of nitrogens with zero attached hydrogens (tertiary/aromatic N) is 1. The van der Waals surface area contributed by atoms with Crippen LogP contribution in [0.4, 0.5) is 11.4 Å². The van der Waals surface area contributed by atoms with Gasteiger partial charge in [0, 0.05) is 25.5 Å². The first kappa shape index (κ1) is 12.5. The lowest BCUT2D eigenvalue weighted by atomic mass is 10.1. The molecular formula is C12H18N2O2. The zero-order chi connectivity index (χ0) is 12.3. The monoisotopic (exact) mass is 222 g/mol. The molecule has 88 valence electrons. The minimum atomic E-state index is -0.992. The third kappa shape index (κ3) is 2.97. The van der Waals surface area contributed by atoms with Crippen LogP contribution in [0.3, 0.4) is 0 Å². The number of aliphatic hydroxyl groups excluding tert-OH is 1. The maximum atomic E-state index is 11.3. The molecule has 0 bridgehead atoms. The van der Waals surface area contributed by atoms with Gasteiger partial charge in [0.15, 0.2) is 0 Å². The van der Waals surface area contributed by atoms with E-state index in [2.05, 4.69) is 5.32 Å². The van der Waals surface area contributed by atoms with E-state index in [1.54, 1.807) is 0 Å². The molecular weight excluding hydrogens is 204 g/mol. The first-order valence-corrected chi connectivity index (χ1v) is 5.18. The van der Waals surface area contributed by atoms with Gasteiger partial charge in [-0.3, -0.25) is 4.79 Å². The van der Waals surface area contributed by atoms with Crippen molar-refractivity contribution in [3.63, 3.8) is 0 Å². The summed E-state index contributed by atoms with van der Waals surface area (Å²) in [5.41, 5.74) is 2.89. The molecule has 0 aromatic heterocycles. The fourth-order valence-electron chi connectivity index (χ4n) is 1.48. The smallest absolute Gasteiger partial charge is 0.252 e. The van der Waals surface area contributed by atoms with Crippen molar-refractivity contribution >= 4 is 17.3 Å². The lowest BCUT2D eigenvalue weighted by Crippen LogP contribution is -2.24. The van der Waals surface area contributed by atoms with Crippen molar-refractivity contribution in [3.05, 3.63) is 23.8 Å². The number of benzene rings is 1. The van der Waals surface area contributed by atoms with Crippen molar-refractivity contribution in [2.24, 2.45) is 0 Å².